The van der Waals surface area contributed by atoms with Crippen molar-refractivity contribution in [1.29, 1.82) is 0 Å². The first-order chi connectivity index (χ1) is 8.83. The fraction of sp³-hybridized carbons (Fsp3) is 0.750. The van der Waals surface area contributed by atoms with Gasteiger partial charge in [-0.2, -0.15) is 0 Å². The van der Waals surface area contributed by atoms with Crippen LogP contribution in [-0.2, 0) is 0 Å². The van der Waals surface area contributed by atoms with Gasteiger partial charge in [0.1, 0.15) is 0 Å². The van der Waals surface area contributed by atoms with Crippen molar-refractivity contribution in [2.45, 2.75) is 59.0 Å². The molecule has 0 aromatic carbocycles. The molecule has 2 bridgehead atoms. The van der Waals surface area contributed by atoms with Crippen LogP contribution in [0, 0.1) is 16.7 Å². The monoisotopic (exact) mass is 297 g/mol. The minimum absolute atomic E-state index is 0.393. The number of thiophene rings is 1. The maximum absolute atomic E-state index is 6.06. The predicted molar refractivity (Wildman–Crippen MR) is 83.9 cm³/mol. The molecule has 3 heteroatoms. The summed E-state index contributed by atoms with van der Waals surface area (Å²) in [6.07, 6.45) is 4.20. The molecule has 2 aliphatic rings. The van der Waals surface area contributed by atoms with E-state index < -0.39 is 0 Å². The Kier molecular flexibility index (Phi) is 3.28. The van der Waals surface area contributed by atoms with Gasteiger partial charge in [0, 0.05) is 12.1 Å². The Morgan fingerprint density at radius 1 is 1.42 bits per heavy atom. The second-order valence-corrected chi connectivity index (χ2v) is 8.96. The number of nitrogens with one attached hydrogen (secondary N) is 1. The summed E-state index contributed by atoms with van der Waals surface area (Å²) in [5.41, 5.74) is 2.24. The van der Waals surface area contributed by atoms with Crippen LogP contribution < -0.4 is 5.32 Å². The third kappa shape index (κ3) is 2.16. The van der Waals surface area contributed by atoms with Crippen molar-refractivity contribution in [1.82, 2.24) is 5.32 Å². The summed E-state index contributed by atoms with van der Waals surface area (Å²) in [6, 6.07) is 3.11. The molecule has 2 aliphatic carbocycles. The molecule has 2 fully saturated rings. The molecule has 2 saturated carbocycles. The van der Waals surface area contributed by atoms with Gasteiger partial charge in [0.25, 0.3) is 0 Å². The number of hydrogen-bond donors (Lipinski definition) is 1. The Morgan fingerprint density at radius 2 is 2.16 bits per heavy atom. The van der Waals surface area contributed by atoms with Gasteiger partial charge < -0.3 is 5.32 Å². The lowest BCUT2D eigenvalue weighted by Gasteiger charge is -2.44. The maximum atomic E-state index is 6.06. The van der Waals surface area contributed by atoms with Crippen LogP contribution in [-0.4, -0.2) is 6.04 Å². The zero-order valence-electron chi connectivity index (χ0n) is 12.3. The molecule has 0 saturated heterocycles. The molecular weight excluding hydrogens is 274 g/mol. The Balaban J connectivity index is 1.79. The first-order valence-electron chi connectivity index (χ1n) is 7.33. The lowest BCUT2D eigenvalue weighted by Crippen LogP contribution is -2.50. The van der Waals surface area contributed by atoms with Crippen molar-refractivity contribution in [3.05, 3.63) is 21.3 Å². The Hall–Kier alpha value is -0.0500. The van der Waals surface area contributed by atoms with Crippen molar-refractivity contribution in [2.75, 3.05) is 0 Å². The molecule has 1 N–H and O–H groups in total. The molecule has 19 heavy (non-hydrogen) atoms. The molecule has 1 nitrogen and oxygen atoms in total. The Bertz CT molecular complexity index is 476. The first-order valence-corrected chi connectivity index (χ1v) is 8.59. The van der Waals surface area contributed by atoms with Crippen molar-refractivity contribution in [2.24, 2.45) is 16.7 Å². The third-order valence-electron chi connectivity index (χ3n) is 5.77. The van der Waals surface area contributed by atoms with Gasteiger partial charge in [-0.05, 0) is 59.9 Å². The van der Waals surface area contributed by atoms with Gasteiger partial charge in [0.05, 0.1) is 4.34 Å². The summed E-state index contributed by atoms with van der Waals surface area (Å²) in [7, 11) is 0. The fourth-order valence-electron chi connectivity index (χ4n) is 4.61. The van der Waals surface area contributed by atoms with Crippen molar-refractivity contribution in [3.63, 3.8) is 0 Å². The molecule has 0 spiro atoms. The number of fused-ring (bicyclic) bond motifs is 2. The molecule has 1 aromatic rings. The molecule has 0 radical (unpaired) electrons. The molecular formula is C16H24ClNS. The van der Waals surface area contributed by atoms with Gasteiger partial charge in [-0.25, -0.2) is 0 Å². The molecule has 4 unspecified atom stereocenters. The minimum atomic E-state index is 0.393. The van der Waals surface area contributed by atoms with Crippen LogP contribution in [0.1, 0.15) is 58.6 Å². The SMILES string of the molecule is CC(NC1C2(C)CCC(C2)C1(C)C)c1csc(Cl)c1. The zero-order valence-corrected chi connectivity index (χ0v) is 13.9. The summed E-state index contributed by atoms with van der Waals surface area (Å²) in [6.45, 7) is 9.65. The normalized spacial score (nSPS) is 37.7. The highest BCUT2D eigenvalue weighted by molar-refractivity contribution is 7.14. The van der Waals surface area contributed by atoms with E-state index in [1.165, 1.54) is 24.8 Å². The largest absolute Gasteiger partial charge is 0.306 e. The van der Waals surface area contributed by atoms with Gasteiger partial charge in [-0.15, -0.1) is 11.3 Å². The average molecular weight is 298 g/mol. The van der Waals surface area contributed by atoms with E-state index in [2.05, 4.69) is 44.5 Å². The quantitative estimate of drug-likeness (QED) is 0.801. The van der Waals surface area contributed by atoms with Crippen LogP contribution in [0.25, 0.3) is 0 Å². The van der Waals surface area contributed by atoms with Gasteiger partial charge >= 0.3 is 0 Å². The van der Waals surface area contributed by atoms with Crippen LogP contribution in [0.4, 0.5) is 0 Å². The van der Waals surface area contributed by atoms with Crippen molar-refractivity contribution >= 4 is 22.9 Å². The zero-order chi connectivity index (χ0) is 13.8. The summed E-state index contributed by atoms with van der Waals surface area (Å²) in [4.78, 5) is 0. The molecule has 1 aromatic heterocycles. The molecule has 0 aliphatic heterocycles. The van der Waals surface area contributed by atoms with E-state index >= 15 is 0 Å². The smallest absolute Gasteiger partial charge is 0.0931 e. The molecule has 1 heterocycles. The van der Waals surface area contributed by atoms with E-state index in [1.807, 2.05) is 0 Å². The van der Waals surface area contributed by atoms with E-state index in [4.69, 9.17) is 11.6 Å². The summed E-state index contributed by atoms with van der Waals surface area (Å²) < 4.78 is 0.891. The lowest BCUT2D eigenvalue weighted by molar-refractivity contribution is 0.100. The van der Waals surface area contributed by atoms with Crippen LogP contribution in [0.2, 0.25) is 4.34 Å². The minimum Gasteiger partial charge on any atom is -0.306 e. The Labute approximate surface area is 125 Å². The molecule has 106 valence electrons. The average Bonchev–Trinajstić information content (AvgIpc) is 2.96. The molecule has 4 atom stereocenters. The highest BCUT2D eigenvalue weighted by Crippen LogP contribution is 2.62. The molecule has 0 amide bonds. The predicted octanol–water partition coefficient (Wildman–Crippen LogP) is 5.27. The highest BCUT2D eigenvalue weighted by atomic mass is 35.5. The van der Waals surface area contributed by atoms with Crippen LogP contribution >= 0.6 is 22.9 Å². The third-order valence-corrected chi connectivity index (χ3v) is 6.88. The summed E-state index contributed by atoms with van der Waals surface area (Å²) >= 11 is 7.69. The van der Waals surface area contributed by atoms with Crippen LogP contribution in [0.15, 0.2) is 11.4 Å². The Morgan fingerprint density at radius 3 is 2.68 bits per heavy atom. The second kappa shape index (κ2) is 4.47. The standard InChI is InChI=1S/C16H24ClNS/c1-10(11-7-13(17)19-9-11)18-14-15(2,3)12-5-6-16(14,4)8-12/h7,9-10,12,14,18H,5-6,8H2,1-4H3. The van der Waals surface area contributed by atoms with E-state index in [9.17, 15) is 0 Å². The van der Waals surface area contributed by atoms with Gasteiger partial charge in [-0.3, -0.25) is 0 Å². The second-order valence-electron chi connectivity index (χ2n) is 7.42. The van der Waals surface area contributed by atoms with Crippen molar-refractivity contribution in [3.8, 4) is 0 Å². The van der Waals surface area contributed by atoms with Gasteiger partial charge in [-0.1, -0.05) is 32.4 Å². The highest BCUT2D eigenvalue weighted by Gasteiger charge is 2.59. The number of halogens is 1. The van der Waals surface area contributed by atoms with Gasteiger partial charge in [0.2, 0.25) is 0 Å². The number of rotatable bonds is 3. The summed E-state index contributed by atoms with van der Waals surface area (Å²) in [5.74, 6) is 0.897. The lowest BCUT2D eigenvalue weighted by atomic mass is 9.68. The van der Waals surface area contributed by atoms with E-state index in [1.54, 1.807) is 11.3 Å². The summed E-state index contributed by atoms with van der Waals surface area (Å²) in [5, 5.41) is 6.10. The van der Waals surface area contributed by atoms with Gasteiger partial charge in [0.15, 0.2) is 0 Å². The maximum Gasteiger partial charge on any atom is 0.0931 e. The van der Waals surface area contributed by atoms with E-state index in [0.717, 1.165) is 10.3 Å². The number of hydrogen-bond acceptors (Lipinski definition) is 2. The first kappa shape index (κ1) is 13.9. The topological polar surface area (TPSA) is 12.0 Å². The fourth-order valence-corrected chi connectivity index (χ4v) is 5.60. The molecule has 3 rings (SSSR count). The van der Waals surface area contributed by atoms with E-state index in [-0.39, 0.29) is 0 Å². The van der Waals surface area contributed by atoms with Crippen molar-refractivity contribution < 1.29 is 0 Å². The van der Waals surface area contributed by atoms with Crippen LogP contribution in [0.3, 0.4) is 0 Å². The van der Waals surface area contributed by atoms with Crippen LogP contribution in [0.5, 0.6) is 0 Å². The van der Waals surface area contributed by atoms with E-state index in [0.29, 0.717) is 22.9 Å².